The molecule has 0 amide bonds. The van der Waals surface area contributed by atoms with Crippen LogP contribution >= 0.6 is 0 Å². The highest BCUT2D eigenvalue weighted by Crippen LogP contribution is 2.32. The molecule has 1 aromatic carbocycles. The Bertz CT molecular complexity index is 1440. The van der Waals surface area contributed by atoms with Gasteiger partial charge in [0.1, 0.15) is 11.4 Å². The van der Waals surface area contributed by atoms with Crippen molar-refractivity contribution < 1.29 is 14.3 Å². The summed E-state index contributed by atoms with van der Waals surface area (Å²) in [6.45, 7) is 11.9. The lowest BCUT2D eigenvalue weighted by Crippen LogP contribution is -2.40. The van der Waals surface area contributed by atoms with Crippen LogP contribution in [0.4, 0.5) is 11.6 Å². The van der Waals surface area contributed by atoms with Crippen molar-refractivity contribution in [2.45, 2.75) is 84.7 Å². The van der Waals surface area contributed by atoms with Crippen LogP contribution in [-0.4, -0.2) is 64.2 Å². The highest BCUT2D eigenvalue weighted by molar-refractivity contribution is 5.99. The van der Waals surface area contributed by atoms with Gasteiger partial charge in [0.2, 0.25) is 5.95 Å². The molecule has 1 saturated heterocycles. The first-order valence-corrected chi connectivity index (χ1v) is 15.1. The third-order valence-corrected chi connectivity index (χ3v) is 8.53. The molecule has 3 heterocycles. The van der Waals surface area contributed by atoms with E-state index in [0.717, 1.165) is 93.6 Å². The van der Waals surface area contributed by atoms with Gasteiger partial charge in [-0.2, -0.15) is 4.98 Å². The van der Waals surface area contributed by atoms with Gasteiger partial charge in [0.05, 0.1) is 12.2 Å². The molecule has 1 aliphatic heterocycles. The minimum absolute atomic E-state index is 0.0421. The SMILES string of the molecule is CCN(CCCOc1cc(C)cc(Nc2ncc3c(C)c(C(C)=O)c(=O)n(C4CCCC4)c3n2)c1)C1CCOCC1. The molecule has 2 fully saturated rings. The Labute approximate surface area is 242 Å². The number of carbonyl (C=O) groups is 1. The first-order chi connectivity index (χ1) is 19.9. The molecule has 0 atom stereocenters. The minimum atomic E-state index is -0.247. The number of aryl methyl sites for hydroxylation is 2. The summed E-state index contributed by atoms with van der Waals surface area (Å²) in [5, 5.41) is 4.07. The molecule has 1 saturated carbocycles. The number of fused-ring (bicyclic) bond motifs is 1. The number of rotatable bonds is 11. The number of nitrogens with one attached hydrogen (secondary N) is 1. The van der Waals surface area contributed by atoms with Gasteiger partial charge in [0, 0.05) is 55.2 Å². The van der Waals surface area contributed by atoms with E-state index in [1.807, 2.05) is 32.0 Å². The zero-order valence-corrected chi connectivity index (χ0v) is 24.9. The van der Waals surface area contributed by atoms with E-state index in [0.29, 0.717) is 29.8 Å². The van der Waals surface area contributed by atoms with E-state index in [1.165, 1.54) is 6.92 Å². The Morgan fingerprint density at radius 3 is 2.61 bits per heavy atom. The van der Waals surface area contributed by atoms with Gasteiger partial charge < -0.3 is 19.7 Å². The fourth-order valence-corrected chi connectivity index (χ4v) is 6.45. The normalized spacial score (nSPS) is 16.5. The van der Waals surface area contributed by atoms with Gasteiger partial charge in [-0.25, -0.2) is 4.98 Å². The number of carbonyl (C=O) groups excluding carboxylic acids is 1. The minimum Gasteiger partial charge on any atom is -0.493 e. The lowest BCUT2D eigenvalue weighted by Gasteiger charge is -2.33. The van der Waals surface area contributed by atoms with E-state index in [1.54, 1.807) is 10.8 Å². The molecule has 9 nitrogen and oxygen atoms in total. The van der Waals surface area contributed by atoms with Gasteiger partial charge in [0.15, 0.2) is 5.78 Å². The van der Waals surface area contributed by atoms with Crippen molar-refractivity contribution in [1.29, 1.82) is 0 Å². The molecule has 2 aliphatic rings. The van der Waals surface area contributed by atoms with E-state index in [4.69, 9.17) is 14.5 Å². The van der Waals surface area contributed by atoms with Crippen LogP contribution in [0.3, 0.4) is 0 Å². The van der Waals surface area contributed by atoms with Crippen molar-refractivity contribution in [2.75, 3.05) is 38.2 Å². The Kier molecular flexibility index (Phi) is 9.35. The average molecular weight is 562 g/mol. The summed E-state index contributed by atoms with van der Waals surface area (Å²) in [7, 11) is 0. The van der Waals surface area contributed by atoms with Crippen LogP contribution in [0.5, 0.6) is 5.75 Å². The zero-order valence-electron chi connectivity index (χ0n) is 24.9. The standard InChI is InChI=1S/C32H43N5O4/c1-5-36(25-11-15-40-16-12-25)13-8-14-41-27-18-21(2)17-24(19-27)34-32-33-20-28-22(3)29(23(4)38)31(39)37(30(28)35-32)26-9-6-7-10-26/h17-20,25-26H,5-16H2,1-4H3,(H,33,34,35). The summed E-state index contributed by atoms with van der Waals surface area (Å²) < 4.78 is 13.4. The molecule has 1 N–H and O–H groups in total. The third-order valence-electron chi connectivity index (χ3n) is 8.53. The Morgan fingerprint density at radius 2 is 1.90 bits per heavy atom. The van der Waals surface area contributed by atoms with Gasteiger partial charge in [-0.15, -0.1) is 0 Å². The molecule has 0 bridgehead atoms. The van der Waals surface area contributed by atoms with Crippen LogP contribution in [0.2, 0.25) is 0 Å². The fraction of sp³-hybridized carbons (Fsp3) is 0.562. The molecule has 9 heteroatoms. The summed E-state index contributed by atoms with van der Waals surface area (Å²) in [4.78, 5) is 37.8. The van der Waals surface area contributed by atoms with Crippen LogP contribution in [-0.2, 0) is 4.74 Å². The van der Waals surface area contributed by atoms with E-state index >= 15 is 0 Å². The third kappa shape index (κ3) is 6.62. The van der Waals surface area contributed by atoms with Crippen molar-refractivity contribution >= 4 is 28.5 Å². The lowest BCUT2D eigenvalue weighted by molar-refractivity contribution is 0.0343. The molecular weight excluding hydrogens is 518 g/mol. The van der Waals surface area contributed by atoms with E-state index in [9.17, 15) is 9.59 Å². The second-order valence-electron chi connectivity index (χ2n) is 11.4. The van der Waals surface area contributed by atoms with Crippen LogP contribution in [0.25, 0.3) is 11.0 Å². The molecular formula is C32H43N5O4. The Hall–Kier alpha value is -3.30. The summed E-state index contributed by atoms with van der Waals surface area (Å²) in [6, 6.07) is 6.67. The highest BCUT2D eigenvalue weighted by atomic mass is 16.5. The van der Waals surface area contributed by atoms with Crippen LogP contribution in [0.15, 0.2) is 29.2 Å². The summed E-state index contributed by atoms with van der Waals surface area (Å²) in [5.41, 5.74) is 3.10. The smallest absolute Gasteiger partial charge is 0.263 e. The average Bonchev–Trinajstić information content (AvgIpc) is 3.48. The molecule has 2 aromatic heterocycles. The van der Waals surface area contributed by atoms with Crippen LogP contribution in [0, 0.1) is 13.8 Å². The number of ether oxygens (including phenoxy) is 2. The summed E-state index contributed by atoms with van der Waals surface area (Å²) in [5.74, 6) is 0.985. The van der Waals surface area contributed by atoms with Crippen molar-refractivity contribution in [3.8, 4) is 5.75 Å². The van der Waals surface area contributed by atoms with Crippen LogP contribution in [0.1, 0.15) is 86.3 Å². The number of ketones is 1. The quantitative estimate of drug-likeness (QED) is 0.234. The summed E-state index contributed by atoms with van der Waals surface area (Å²) >= 11 is 0. The van der Waals surface area contributed by atoms with Crippen LogP contribution < -0.4 is 15.6 Å². The van der Waals surface area contributed by atoms with Crippen molar-refractivity contribution in [1.82, 2.24) is 19.4 Å². The number of hydrogen-bond acceptors (Lipinski definition) is 8. The molecule has 220 valence electrons. The first kappa shape index (κ1) is 29.2. The molecule has 0 unspecified atom stereocenters. The molecule has 3 aromatic rings. The second-order valence-corrected chi connectivity index (χ2v) is 11.4. The molecule has 0 spiro atoms. The number of Topliss-reactive ketones (excluding diaryl/α,β-unsaturated/α-hetero) is 1. The topological polar surface area (TPSA) is 98.6 Å². The summed E-state index contributed by atoms with van der Waals surface area (Å²) in [6.07, 6.45) is 8.84. The van der Waals surface area contributed by atoms with Gasteiger partial charge >= 0.3 is 0 Å². The number of hydrogen-bond donors (Lipinski definition) is 1. The van der Waals surface area contributed by atoms with Crippen molar-refractivity contribution in [3.63, 3.8) is 0 Å². The monoisotopic (exact) mass is 561 g/mol. The van der Waals surface area contributed by atoms with Crippen molar-refractivity contribution in [2.24, 2.45) is 0 Å². The van der Waals surface area contributed by atoms with Gasteiger partial charge in [-0.05, 0) is 82.7 Å². The van der Waals surface area contributed by atoms with Gasteiger partial charge in [-0.3, -0.25) is 14.2 Å². The molecule has 1 aliphatic carbocycles. The lowest BCUT2D eigenvalue weighted by atomic mass is 10.0. The highest BCUT2D eigenvalue weighted by Gasteiger charge is 2.26. The number of nitrogens with zero attached hydrogens (tertiary/aromatic N) is 4. The maximum atomic E-state index is 13.5. The van der Waals surface area contributed by atoms with E-state index in [2.05, 4.69) is 22.1 Å². The largest absolute Gasteiger partial charge is 0.493 e. The Morgan fingerprint density at radius 1 is 1.15 bits per heavy atom. The van der Waals surface area contributed by atoms with Crippen molar-refractivity contribution in [3.05, 3.63) is 51.4 Å². The number of aromatic nitrogens is 3. The number of anilines is 2. The Balaban J connectivity index is 1.32. The predicted octanol–water partition coefficient (Wildman–Crippen LogP) is 5.74. The molecule has 41 heavy (non-hydrogen) atoms. The van der Waals surface area contributed by atoms with E-state index < -0.39 is 0 Å². The number of pyridine rings is 1. The zero-order chi connectivity index (χ0) is 28.9. The maximum absolute atomic E-state index is 13.5. The fourth-order valence-electron chi connectivity index (χ4n) is 6.45. The molecule has 0 radical (unpaired) electrons. The first-order valence-electron chi connectivity index (χ1n) is 15.1. The van der Waals surface area contributed by atoms with Gasteiger partial charge in [-0.1, -0.05) is 19.8 Å². The van der Waals surface area contributed by atoms with E-state index in [-0.39, 0.29) is 22.9 Å². The second kappa shape index (κ2) is 13.1. The predicted molar refractivity (Wildman–Crippen MR) is 162 cm³/mol. The maximum Gasteiger partial charge on any atom is 0.263 e. The van der Waals surface area contributed by atoms with Gasteiger partial charge in [0.25, 0.3) is 5.56 Å². The molecule has 5 rings (SSSR count). The number of benzene rings is 1.